The van der Waals surface area contributed by atoms with Crippen LogP contribution >= 0.6 is 0 Å². The van der Waals surface area contributed by atoms with Crippen molar-refractivity contribution in [3.8, 4) is 33.9 Å². The molecule has 0 spiro atoms. The first-order chi connectivity index (χ1) is 28.2. The minimum Gasteiger partial charge on any atom is -0.455 e. The predicted molar refractivity (Wildman–Crippen MR) is 234 cm³/mol. The van der Waals surface area contributed by atoms with E-state index < -0.39 is 0 Å². The first-order valence-electron chi connectivity index (χ1n) is 19.5. The van der Waals surface area contributed by atoms with Crippen molar-refractivity contribution in [1.82, 2.24) is 15.0 Å². The minimum atomic E-state index is 0.236. The van der Waals surface area contributed by atoms with Gasteiger partial charge in [-0.2, -0.15) is 0 Å². The molecule has 57 heavy (non-hydrogen) atoms. The van der Waals surface area contributed by atoms with Crippen LogP contribution in [0.15, 0.2) is 186 Å². The molecule has 8 aromatic carbocycles. The quantitative estimate of drug-likeness (QED) is 0.169. The molecule has 12 rings (SSSR count). The van der Waals surface area contributed by atoms with E-state index in [-0.39, 0.29) is 5.92 Å². The standard InChI is InChI=1S/C53H33N3O/c1-4-16-37-32(12-1)15-11-22-41(37)43-28-29-45(49-44-21-9-10-23-48(44)57-50(43)49)52-54-51(36-27-26-34-25-24-33-13-2-5-17-38(33)46(34)31-36)55-53(56-52)47-30-35-14-3-6-18-39(35)40-19-7-8-20-42(40)47/h1-29,31,35H,30H2. The van der Waals surface area contributed by atoms with Crippen LogP contribution in [0.5, 0.6) is 0 Å². The van der Waals surface area contributed by atoms with E-state index in [2.05, 4.69) is 170 Å². The van der Waals surface area contributed by atoms with Crippen LogP contribution in [-0.4, -0.2) is 15.0 Å². The molecule has 0 saturated carbocycles. The number of furan rings is 1. The summed E-state index contributed by atoms with van der Waals surface area (Å²) < 4.78 is 6.81. The fourth-order valence-corrected chi connectivity index (χ4v) is 9.18. The molecule has 1 atom stereocenters. The van der Waals surface area contributed by atoms with E-state index in [9.17, 15) is 0 Å². The average molecular weight is 728 g/mol. The topological polar surface area (TPSA) is 51.8 Å². The van der Waals surface area contributed by atoms with Gasteiger partial charge in [-0.15, -0.1) is 0 Å². The van der Waals surface area contributed by atoms with Crippen LogP contribution in [0.4, 0.5) is 0 Å². The predicted octanol–water partition coefficient (Wildman–Crippen LogP) is 11.7. The van der Waals surface area contributed by atoms with Crippen molar-refractivity contribution in [2.24, 2.45) is 5.92 Å². The second-order valence-corrected chi connectivity index (χ2v) is 15.1. The molecule has 0 radical (unpaired) electrons. The Labute approximate surface area is 328 Å². The third-order valence-electron chi connectivity index (χ3n) is 11.9. The summed E-state index contributed by atoms with van der Waals surface area (Å²) in [4.78, 5) is 16.2. The molecular weight excluding hydrogens is 695 g/mol. The summed E-state index contributed by atoms with van der Waals surface area (Å²) >= 11 is 0. The number of fused-ring (bicyclic) bond motifs is 9. The van der Waals surface area contributed by atoms with Crippen LogP contribution < -0.4 is 10.4 Å². The smallest absolute Gasteiger partial charge is 0.164 e. The maximum Gasteiger partial charge on any atom is 0.164 e. The number of nitrogens with zero attached hydrogens (tertiary/aromatic N) is 3. The van der Waals surface area contributed by atoms with Crippen molar-refractivity contribution in [2.45, 2.75) is 6.42 Å². The lowest BCUT2D eigenvalue weighted by Gasteiger charge is -2.23. The zero-order chi connectivity index (χ0) is 37.5. The number of hydrogen-bond donors (Lipinski definition) is 0. The minimum absolute atomic E-state index is 0.236. The Morgan fingerprint density at radius 1 is 0.474 bits per heavy atom. The van der Waals surface area contributed by atoms with Crippen molar-refractivity contribution in [1.29, 1.82) is 0 Å². The molecule has 2 aromatic heterocycles. The molecular formula is C53H33N3O. The summed E-state index contributed by atoms with van der Waals surface area (Å²) in [7, 11) is 0. The number of para-hydroxylation sites is 1. The zero-order valence-corrected chi connectivity index (χ0v) is 30.9. The highest BCUT2D eigenvalue weighted by molar-refractivity contribution is 6.17. The summed E-state index contributed by atoms with van der Waals surface area (Å²) in [5.41, 5.74) is 8.12. The van der Waals surface area contributed by atoms with Gasteiger partial charge in [-0.3, -0.25) is 0 Å². The Morgan fingerprint density at radius 3 is 2.04 bits per heavy atom. The lowest BCUT2D eigenvalue weighted by Crippen LogP contribution is -2.35. The molecule has 0 amide bonds. The molecule has 0 fully saturated rings. The fraction of sp³-hybridized carbons (Fsp3) is 0.0377. The van der Waals surface area contributed by atoms with Crippen molar-refractivity contribution in [2.75, 3.05) is 0 Å². The van der Waals surface area contributed by atoms with Crippen molar-refractivity contribution < 1.29 is 4.42 Å². The summed E-state index contributed by atoms with van der Waals surface area (Å²) in [5.74, 6) is 2.19. The van der Waals surface area contributed by atoms with Gasteiger partial charge in [-0.05, 0) is 84.6 Å². The molecule has 2 aliphatic carbocycles. The van der Waals surface area contributed by atoms with Gasteiger partial charge in [-0.1, -0.05) is 158 Å². The van der Waals surface area contributed by atoms with Gasteiger partial charge in [0, 0.05) is 39.0 Å². The molecule has 266 valence electrons. The summed E-state index contributed by atoms with van der Waals surface area (Å²) in [5, 5.41) is 11.5. The van der Waals surface area contributed by atoms with Crippen LogP contribution in [0.25, 0.3) is 99.3 Å². The number of rotatable bonds is 4. The zero-order valence-electron chi connectivity index (χ0n) is 30.9. The molecule has 0 saturated heterocycles. The van der Waals surface area contributed by atoms with Gasteiger partial charge >= 0.3 is 0 Å². The van der Waals surface area contributed by atoms with E-state index in [4.69, 9.17) is 19.4 Å². The molecule has 2 heterocycles. The number of benzene rings is 8. The van der Waals surface area contributed by atoms with Crippen LogP contribution in [0.1, 0.15) is 12.2 Å². The van der Waals surface area contributed by atoms with Gasteiger partial charge in [0.2, 0.25) is 0 Å². The highest BCUT2D eigenvalue weighted by Crippen LogP contribution is 2.43. The van der Waals surface area contributed by atoms with Gasteiger partial charge < -0.3 is 4.42 Å². The van der Waals surface area contributed by atoms with Crippen LogP contribution in [0.3, 0.4) is 0 Å². The number of aromatic nitrogens is 3. The molecule has 4 nitrogen and oxygen atoms in total. The fourth-order valence-electron chi connectivity index (χ4n) is 9.18. The molecule has 2 aliphatic rings. The third kappa shape index (κ3) is 5.04. The molecule has 1 unspecified atom stereocenters. The van der Waals surface area contributed by atoms with Crippen molar-refractivity contribution >= 4 is 65.4 Å². The highest BCUT2D eigenvalue weighted by Gasteiger charge is 2.26. The maximum atomic E-state index is 6.81. The summed E-state index contributed by atoms with van der Waals surface area (Å²) in [6, 6.07) is 55.8. The Hall–Kier alpha value is -7.43. The molecule has 0 N–H and O–H groups in total. The Kier molecular flexibility index (Phi) is 7.02. The Balaban J connectivity index is 1.16. The highest BCUT2D eigenvalue weighted by atomic mass is 16.3. The van der Waals surface area contributed by atoms with Crippen LogP contribution in [-0.2, 0) is 0 Å². The van der Waals surface area contributed by atoms with Crippen molar-refractivity contribution in [3.63, 3.8) is 0 Å². The normalized spacial score (nSPS) is 14.9. The number of allylic oxidation sites excluding steroid dienone is 4. The van der Waals surface area contributed by atoms with Crippen LogP contribution in [0.2, 0.25) is 0 Å². The average Bonchev–Trinajstić information content (AvgIpc) is 3.68. The van der Waals surface area contributed by atoms with Gasteiger partial charge in [0.05, 0.1) is 0 Å². The van der Waals surface area contributed by atoms with Gasteiger partial charge in [0.15, 0.2) is 17.5 Å². The number of hydrogen-bond acceptors (Lipinski definition) is 4. The molecule has 0 aliphatic heterocycles. The summed E-state index contributed by atoms with van der Waals surface area (Å²) in [6.45, 7) is 0. The lowest BCUT2D eigenvalue weighted by atomic mass is 9.82. The van der Waals surface area contributed by atoms with E-state index in [0.29, 0.717) is 17.5 Å². The first kappa shape index (κ1) is 31.9. The SMILES string of the molecule is C1=CC2=c3ccccc3=C(c3nc(-c4ccc5ccc6ccccc6c5c4)nc(-c4ccc(-c5cccc6ccccc56)c5oc6ccccc6c45)n3)CC2C=C1. The first-order valence-corrected chi connectivity index (χ1v) is 19.5. The van der Waals surface area contributed by atoms with Crippen molar-refractivity contribution in [3.05, 3.63) is 198 Å². The largest absolute Gasteiger partial charge is 0.455 e. The maximum absolute atomic E-state index is 6.81. The van der Waals surface area contributed by atoms with E-state index in [1.165, 1.54) is 48.3 Å². The molecule has 10 aromatic rings. The van der Waals surface area contributed by atoms with Gasteiger partial charge in [0.25, 0.3) is 0 Å². The second kappa shape index (κ2) is 12.6. The van der Waals surface area contributed by atoms with E-state index in [1.54, 1.807) is 0 Å². The van der Waals surface area contributed by atoms with E-state index in [0.717, 1.165) is 56.2 Å². The van der Waals surface area contributed by atoms with Gasteiger partial charge in [0.1, 0.15) is 11.2 Å². The van der Waals surface area contributed by atoms with E-state index >= 15 is 0 Å². The van der Waals surface area contributed by atoms with Crippen LogP contribution in [0, 0.1) is 5.92 Å². The molecule has 4 heteroatoms. The van der Waals surface area contributed by atoms with Gasteiger partial charge in [-0.25, -0.2) is 15.0 Å². The third-order valence-corrected chi connectivity index (χ3v) is 11.9. The summed E-state index contributed by atoms with van der Waals surface area (Å²) in [6.07, 6.45) is 9.64. The second-order valence-electron chi connectivity index (χ2n) is 15.1. The molecule has 0 bridgehead atoms. The van der Waals surface area contributed by atoms with E-state index in [1.807, 2.05) is 12.1 Å². The lowest BCUT2D eigenvalue weighted by molar-refractivity contribution is 0.670. The Morgan fingerprint density at radius 2 is 1.14 bits per heavy atom. The Bertz CT molecular complexity index is 3510. The monoisotopic (exact) mass is 727 g/mol.